The smallest absolute Gasteiger partial charge is 0.298 e. The summed E-state index contributed by atoms with van der Waals surface area (Å²) < 4.78 is 6.92. The Balaban J connectivity index is 1.55. The van der Waals surface area contributed by atoms with Crippen molar-refractivity contribution in [3.63, 3.8) is 0 Å². The summed E-state index contributed by atoms with van der Waals surface area (Å²) in [7, 11) is 0. The van der Waals surface area contributed by atoms with Crippen LogP contribution in [0.1, 0.15) is 31.7 Å². The Morgan fingerprint density at radius 1 is 1.21 bits per heavy atom. The molecule has 2 heterocycles. The Kier molecular flexibility index (Phi) is 5.62. The lowest BCUT2D eigenvalue weighted by molar-refractivity contribution is 0.306. The Bertz CT molecular complexity index is 1230. The van der Waals surface area contributed by atoms with Crippen molar-refractivity contribution in [2.75, 3.05) is 6.61 Å². The molecule has 2 aromatic heterocycles. The molecule has 148 valence electrons. The van der Waals surface area contributed by atoms with Gasteiger partial charge in [0.1, 0.15) is 23.1 Å². The van der Waals surface area contributed by atoms with Crippen LogP contribution in [0.15, 0.2) is 58.7 Å². The monoisotopic (exact) mass is 408 g/mol. The fraction of sp³-hybridized carbons (Fsp3) is 0.227. The molecule has 4 rings (SSSR count). The van der Waals surface area contributed by atoms with Gasteiger partial charge in [-0.1, -0.05) is 37.4 Å². The maximum absolute atomic E-state index is 12.8. The number of fused-ring (bicyclic) bond motifs is 3. The van der Waals surface area contributed by atoms with Crippen LogP contribution >= 0.6 is 11.6 Å². The van der Waals surface area contributed by atoms with Crippen LogP contribution in [-0.4, -0.2) is 27.5 Å². The number of halogens is 1. The summed E-state index contributed by atoms with van der Waals surface area (Å²) in [6.45, 7) is 2.89. The van der Waals surface area contributed by atoms with Gasteiger partial charge in [-0.3, -0.25) is 4.79 Å². The molecule has 0 aliphatic heterocycles. The van der Waals surface area contributed by atoms with Crippen LogP contribution in [0.2, 0.25) is 5.02 Å². The van der Waals surface area contributed by atoms with Crippen LogP contribution in [-0.2, 0) is 0 Å². The zero-order valence-corrected chi connectivity index (χ0v) is 16.8. The summed E-state index contributed by atoms with van der Waals surface area (Å²) in [5.74, 6) is 0.827. The van der Waals surface area contributed by atoms with Gasteiger partial charge in [-0.25, -0.2) is 4.98 Å². The summed E-state index contributed by atoms with van der Waals surface area (Å²) in [5.41, 5.74) is 2.27. The topological polar surface area (TPSA) is 72.3 Å². The Morgan fingerprint density at radius 3 is 2.83 bits per heavy atom. The number of aromatic nitrogens is 3. The van der Waals surface area contributed by atoms with Crippen LogP contribution in [0.3, 0.4) is 0 Å². The summed E-state index contributed by atoms with van der Waals surface area (Å²) >= 11 is 6.26. The van der Waals surface area contributed by atoms with Crippen molar-refractivity contribution in [1.29, 1.82) is 0 Å². The molecule has 0 fully saturated rings. The van der Waals surface area contributed by atoms with Crippen molar-refractivity contribution in [2.24, 2.45) is 5.10 Å². The summed E-state index contributed by atoms with van der Waals surface area (Å²) in [6.07, 6.45) is 6.41. The van der Waals surface area contributed by atoms with Crippen LogP contribution in [0.4, 0.5) is 0 Å². The highest BCUT2D eigenvalue weighted by Crippen LogP contribution is 2.28. The molecule has 0 radical (unpaired) electrons. The molecule has 0 aliphatic rings. The quantitative estimate of drug-likeness (QED) is 0.346. The zero-order chi connectivity index (χ0) is 20.2. The van der Waals surface area contributed by atoms with Crippen LogP contribution < -0.4 is 10.3 Å². The van der Waals surface area contributed by atoms with E-state index in [1.807, 2.05) is 36.4 Å². The van der Waals surface area contributed by atoms with Crippen LogP contribution in [0.25, 0.3) is 21.9 Å². The van der Waals surface area contributed by atoms with E-state index in [0.29, 0.717) is 16.1 Å². The van der Waals surface area contributed by atoms with Gasteiger partial charge in [0.25, 0.3) is 5.56 Å². The Labute approximate surface area is 172 Å². The number of nitrogens with zero attached hydrogens (tertiary/aromatic N) is 3. The largest absolute Gasteiger partial charge is 0.494 e. The van der Waals surface area contributed by atoms with Crippen molar-refractivity contribution in [3.8, 4) is 5.75 Å². The minimum absolute atomic E-state index is 0.283. The molecule has 0 spiro atoms. The predicted molar refractivity (Wildman–Crippen MR) is 117 cm³/mol. The van der Waals surface area contributed by atoms with Gasteiger partial charge in [-0.05, 0) is 48.4 Å². The molecule has 7 heteroatoms. The molecule has 0 saturated heterocycles. The standard InChI is InChI=1S/C22H21ClN4O2/c1-2-3-4-12-29-16-10-8-15(9-11-16)13-25-27-14-24-20-19-17(23)6-5-7-18(19)26-21(20)22(27)28/h5-11,13-14,26H,2-4,12H2,1H3. The first-order valence-corrected chi connectivity index (χ1v) is 10.00. The second kappa shape index (κ2) is 8.49. The average Bonchev–Trinajstić information content (AvgIpc) is 3.12. The molecule has 0 atom stereocenters. The molecule has 0 bridgehead atoms. The van der Waals surface area contributed by atoms with E-state index in [4.69, 9.17) is 16.3 Å². The first-order valence-electron chi connectivity index (χ1n) is 9.62. The molecule has 0 unspecified atom stereocenters. The number of hydrogen-bond donors (Lipinski definition) is 1. The van der Waals surface area contributed by atoms with Gasteiger partial charge in [-0.2, -0.15) is 9.78 Å². The predicted octanol–water partition coefficient (Wildman–Crippen LogP) is 4.98. The van der Waals surface area contributed by atoms with E-state index in [2.05, 4.69) is 22.0 Å². The lowest BCUT2D eigenvalue weighted by atomic mass is 10.2. The zero-order valence-electron chi connectivity index (χ0n) is 16.1. The minimum atomic E-state index is -0.283. The van der Waals surface area contributed by atoms with Crippen molar-refractivity contribution in [1.82, 2.24) is 14.6 Å². The van der Waals surface area contributed by atoms with Gasteiger partial charge in [-0.15, -0.1) is 0 Å². The van der Waals surface area contributed by atoms with Gasteiger partial charge < -0.3 is 9.72 Å². The molecule has 6 nitrogen and oxygen atoms in total. The third kappa shape index (κ3) is 4.03. The van der Waals surface area contributed by atoms with Gasteiger partial charge in [0, 0.05) is 10.9 Å². The maximum Gasteiger partial charge on any atom is 0.298 e. The fourth-order valence-electron chi connectivity index (χ4n) is 3.15. The lowest BCUT2D eigenvalue weighted by Crippen LogP contribution is -2.17. The maximum atomic E-state index is 12.8. The highest BCUT2D eigenvalue weighted by Gasteiger charge is 2.12. The Morgan fingerprint density at radius 2 is 2.03 bits per heavy atom. The Hall–Kier alpha value is -3.12. The third-order valence-corrected chi connectivity index (χ3v) is 5.01. The molecule has 1 N–H and O–H groups in total. The van der Waals surface area contributed by atoms with Crippen LogP contribution in [0, 0.1) is 0 Å². The van der Waals surface area contributed by atoms with E-state index in [9.17, 15) is 4.79 Å². The summed E-state index contributed by atoms with van der Waals surface area (Å²) in [6, 6.07) is 13.1. The molecule has 0 aliphatic carbocycles. The number of benzene rings is 2. The first-order chi connectivity index (χ1) is 14.2. The SMILES string of the molecule is CCCCCOc1ccc(C=Nn2cnc3c([nH]c4cccc(Cl)c43)c2=O)cc1. The third-order valence-electron chi connectivity index (χ3n) is 4.69. The average molecular weight is 409 g/mol. The number of hydrogen-bond acceptors (Lipinski definition) is 4. The molecule has 0 amide bonds. The number of nitrogens with one attached hydrogen (secondary N) is 1. The molecular formula is C22H21ClN4O2. The first kappa shape index (κ1) is 19.2. The second-order valence-electron chi connectivity index (χ2n) is 6.77. The minimum Gasteiger partial charge on any atom is -0.494 e. The van der Waals surface area contributed by atoms with E-state index in [1.54, 1.807) is 12.3 Å². The number of H-pyrrole nitrogens is 1. The number of aromatic amines is 1. The second-order valence-corrected chi connectivity index (χ2v) is 7.18. The number of unbranched alkanes of at least 4 members (excludes halogenated alkanes) is 2. The lowest BCUT2D eigenvalue weighted by Gasteiger charge is -2.05. The molecule has 29 heavy (non-hydrogen) atoms. The van der Waals surface area contributed by atoms with Gasteiger partial charge >= 0.3 is 0 Å². The fourth-order valence-corrected chi connectivity index (χ4v) is 3.42. The summed E-state index contributed by atoms with van der Waals surface area (Å²) in [4.78, 5) is 20.2. The highest BCUT2D eigenvalue weighted by molar-refractivity contribution is 6.37. The van der Waals surface area contributed by atoms with E-state index < -0.39 is 0 Å². The van der Waals surface area contributed by atoms with Gasteiger partial charge in [0.05, 0.1) is 17.8 Å². The van der Waals surface area contributed by atoms with E-state index in [0.717, 1.165) is 35.2 Å². The normalized spacial score (nSPS) is 11.7. The van der Waals surface area contributed by atoms with Gasteiger partial charge in [0.15, 0.2) is 0 Å². The van der Waals surface area contributed by atoms with Crippen molar-refractivity contribution >= 4 is 39.8 Å². The molecule has 2 aromatic carbocycles. The van der Waals surface area contributed by atoms with Crippen LogP contribution in [0.5, 0.6) is 5.75 Å². The van der Waals surface area contributed by atoms with Gasteiger partial charge in [0.2, 0.25) is 0 Å². The molecule has 0 saturated carbocycles. The molecule has 4 aromatic rings. The van der Waals surface area contributed by atoms with E-state index in [1.165, 1.54) is 23.8 Å². The van der Waals surface area contributed by atoms with Crippen molar-refractivity contribution in [2.45, 2.75) is 26.2 Å². The van der Waals surface area contributed by atoms with E-state index in [-0.39, 0.29) is 5.56 Å². The van der Waals surface area contributed by atoms with Crippen molar-refractivity contribution < 1.29 is 4.74 Å². The number of ether oxygens (including phenoxy) is 1. The van der Waals surface area contributed by atoms with E-state index >= 15 is 0 Å². The van der Waals surface area contributed by atoms with Crippen molar-refractivity contribution in [3.05, 3.63) is 69.7 Å². The number of rotatable bonds is 7. The summed E-state index contributed by atoms with van der Waals surface area (Å²) in [5, 5.41) is 5.55. The highest BCUT2D eigenvalue weighted by atomic mass is 35.5. The molecular weight excluding hydrogens is 388 g/mol.